The number of halogens is 1. The van der Waals surface area contributed by atoms with E-state index in [0.29, 0.717) is 0 Å². The van der Waals surface area contributed by atoms with Crippen LogP contribution >= 0.6 is 38.6 Å². The molecule has 0 fully saturated rings. The molecule has 80 valence electrons. The molecule has 6 heteroatoms. The molecule has 0 spiro atoms. The van der Waals surface area contributed by atoms with Gasteiger partial charge in [0.25, 0.3) is 0 Å². The molecule has 0 aliphatic rings. The molecule has 3 nitrogen and oxygen atoms in total. The number of anilines is 1. The molecule has 0 radical (unpaired) electrons. The Bertz CT molecular complexity index is 452. The topological polar surface area (TPSA) is 37.8 Å². The average molecular weight is 304 g/mol. The molecule has 0 aliphatic carbocycles. The van der Waals surface area contributed by atoms with Crippen molar-refractivity contribution >= 4 is 43.7 Å². The van der Waals surface area contributed by atoms with Gasteiger partial charge in [-0.05, 0) is 41.9 Å². The van der Waals surface area contributed by atoms with Crippen molar-refractivity contribution in [1.82, 2.24) is 10.2 Å². The SMILES string of the molecule is Cc1ccc(C(C)Nc2nnc(Br)s2)s1. The third-order valence-corrected chi connectivity index (χ3v) is 4.40. The molecule has 0 aromatic carbocycles. The van der Waals surface area contributed by atoms with E-state index in [-0.39, 0.29) is 6.04 Å². The molecule has 15 heavy (non-hydrogen) atoms. The molecule has 0 aliphatic heterocycles. The summed E-state index contributed by atoms with van der Waals surface area (Å²) in [5.41, 5.74) is 0. The second-order valence-corrected chi connectivity index (χ2v) is 6.75. The number of nitrogens with zero attached hydrogens (tertiary/aromatic N) is 2. The van der Waals surface area contributed by atoms with Crippen molar-refractivity contribution in [3.8, 4) is 0 Å². The molecular formula is C9H10BrN3S2. The minimum Gasteiger partial charge on any atom is -0.353 e. The van der Waals surface area contributed by atoms with Crippen molar-refractivity contribution in [3.63, 3.8) is 0 Å². The highest BCUT2D eigenvalue weighted by Gasteiger charge is 2.09. The predicted octanol–water partition coefficient (Wildman–Crippen LogP) is 3.84. The molecular weight excluding hydrogens is 294 g/mol. The molecule has 0 amide bonds. The Morgan fingerprint density at radius 2 is 2.13 bits per heavy atom. The van der Waals surface area contributed by atoms with Crippen LogP contribution in [0.2, 0.25) is 0 Å². The number of nitrogens with one attached hydrogen (secondary N) is 1. The van der Waals surface area contributed by atoms with Gasteiger partial charge in [0.2, 0.25) is 5.13 Å². The van der Waals surface area contributed by atoms with Crippen molar-refractivity contribution in [3.05, 3.63) is 25.8 Å². The zero-order valence-electron chi connectivity index (χ0n) is 8.32. The Morgan fingerprint density at radius 1 is 1.33 bits per heavy atom. The van der Waals surface area contributed by atoms with Crippen LogP contribution in [0.15, 0.2) is 16.0 Å². The van der Waals surface area contributed by atoms with E-state index < -0.39 is 0 Å². The van der Waals surface area contributed by atoms with E-state index in [9.17, 15) is 0 Å². The van der Waals surface area contributed by atoms with Gasteiger partial charge < -0.3 is 5.32 Å². The Morgan fingerprint density at radius 3 is 2.67 bits per heavy atom. The second kappa shape index (κ2) is 4.59. The van der Waals surface area contributed by atoms with Gasteiger partial charge in [0.15, 0.2) is 3.92 Å². The number of aromatic nitrogens is 2. The van der Waals surface area contributed by atoms with Gasteiger partial charge in [0, 0.05) is 9.75 Å². The highest BCUT2D eigenvalue weighted by atomic mass is 79.9. The van der Waals surface area contributed by atoms with Crippen LogP contribution in [-0.4, -0.2) is 10.2 Å². The minimum absolute atomic E-state index is 0.281. The van der Waals surface area contributed by atoms with Crippen molar-refractivity contribution in [2.75, 3.05) is 5.32 Å². The lowest BCUT2D eigenvalue weighted by Crippen LogP contribution is -2.04. The third kappa shape index (κ3) is 2.76. The average Bonchev–Trinajstić information content (AvgIpc) is 2.75. The Kier molecular flexibility index (Phi) is 3.38. The first-order chi connectivity index (χ1) is 7.15. The van der Waals surface area contributed by atoms with E-state index in [1.807, 2.05) is 0 Å². The van der Waals surface area contributed by atoms with Gasteiger partial charge in [0.05, 0.1) is 6.04 Å². The van der Waals surface area contributed by atoms with Crippen molar-refractivity contribution < 1.29 is 0 Å². The number of hydrogen-bond donors (Lipinski definition) is 1. The van der Waals surface area contributed by atoms with Gasteiger partial charge in [-0.2, -0.15) is 0 Å². The third-order valence-electron chi connectivity index (χ3n) is 1.93. The number of thiophene rings is 1. The minimum atomic E-state index is 0.281. The fourth-order valence-corrected chi connectivity index (χ4v) is 3.18. The maximum atomic E-state index is 4.00. The highest BCUT2D eigenvalue weighted by molar-refractivity contribution is 9.11. The Hall–Kier alpha value is -0.460. The monoisotopic (exact) mass is 303 g/mol. The van der Waals surface area contributed by atoms with E-state index in [1.54, 1.807) is 11.3 Å². The molecule has 1 N–H and O–H groups in total. The zero-order chi connectivity index (χ0) is 10.8. The van der Waals surface area contributed by atoms with Gasteiger partial charge in [-0.1, -0.05) is 11.3 Å². The number of hydrogen-bond acceptors (Lipinski definition) is 5. The normalized spacial score (nSPS) is 12.7. The van der Waals surface area contributed by atoms with Crippen LogP contribution in [0.3, 0.4) is 0 Å². The summed E-state index contributed by atoms with van der Waals surface area (Å²) in [6.45, 7) is 4.24. The van der Waals surface area contributed by atoms with E-state index in [1.165, 1.54) is 21.1 Å². The first kappa shape index (κ1) is 11.0. The summed E-state index contributed by atoms with van der Waals surface area (Å²) in [5, 5.41) is 12.1. The fourth-order valence-electron chi connectivity index (χ4n) is 1.21. The first-order valence-electron chi connectivity index (χ1n) is 4.47. The molecule has 0 saturated heterocycles. The van der Waals surface area contributed by atoms with E-state index in [0.717, 1.165) is 9.05 Å². The maximum absolute atomic E-state index is 4.00. The van der Waals surface area contributed by atoms with Gasteiger partial charge in [0.1, 0.15) is 0 Å². The van der Waals surface area contributed by atoms with Crippen LogP contribution in [0, 0.1) is 6.92 Å². The standard InChI is InChI=1S/C9H10BrN3S2/c1-5-3-4-7(14-5)6(2)11-9-13-12-8(10)15-9/h3-4,6H,1-2H3,(H,11,13). The van der Waals surface area contributed by atoms with Crippen LogP contribution in [0.25, 0.3) is 0 Å². The fraction of sp³-hybridized carbons (Fsp3) is 0.333. The molecule has 2 aromatic rings. The van der Waals surface area contributed by atoms with Crippen LogP contribution in [0.5, 0.6) is 0 Å². The Balaban J connectivity index is 2.06. The summed E-state index contributed by atoms with van der Waals surface area (Å²) in [4.78, 5) is 2.65. The van der Waals surface area contributed by atoms with Gasteiger partial charge in [-0.3, -0.25) is 0 Å². The lowest BCUT2D eigenvalue weighted by Gasteiger charge is -2.09. The smallest absolute Gasteiger partial charge is 0.206 e. The van der Waals surface area contributed by atoms with Crippen LogP contribution < -0.4 is 5.32 Å². The van der Waals surface area contributed by atoms with Gasteiger partial charge in [-0.15, -0.1) is 21.5 Å². The highest BCUT2D eigenvalue weighted by Crippen LogP contribution is 2.28. The van der Waals surface area contributed by atoms with Crippen molar-refractivity contribution in [2.24, 2.45) is 0 Å². The predicted molar refractivity (Wildman–Crippen MR) is 68.7 cm³/mol. The van der Waals surface area contributed by atoms with E-state index >= 15 is 0 Å². The van der Waals surface area contributed by atoms with Crippen molar-refractivity contribution in [1.29, 1.82) is 0 Å². The molecule has 1 unspecified atom stereocenters. The molecule has 2 heterocycles. The first-order valence-corrected chi connectivity index (χ1v) is 6.89. The van der Waals surface area contributed by atoms with Gasteiger partial charge in [-0.25, -0.2) is 0 Å². The zero-order valence-corrected chi connectivity index (χ0v) is 11.5. The second-order valence-electron chi connectivity index (χ2n) is 3.17. The Labute approximate surface area is 105 Å². The molecule has 2 rings (SSSR count). The summed E-state index contributed by atoms with van der Waals surface area (Å²) in [6.07, 6.45) is 0. The summed E-state index contributed by atoms with van der Waals surface area (Å²) >= 11 is 6.60. The molecule has 1 atom stereocenters. The number of aryl methyl sites for hydroxylation is 1. The quantitative estimate of drug-likeness (QED) is 0.936. The lowest BCUT2D eigenvalue weighted by molar-refractivity contribution is 0.893. The summed E-state index contributed by atoms with van der Waals surface area (Å²) in [6, 6.07) is 4.56. The van der Waals surface area contributed by atoms with Crippen LogP contribution in [0.4, 0.5) is 5.13 Å². The van der Waals surface area contributed by atoms with E-state index in [2.05, 4.69) is 57.4 Å². The molecule has 2 aromatic heterocycles. The van der Waals surface area contributed by atoms with E-state index in [4.69, 9.17) is 0 Å². The largest absolute Gasteiger partial charge is 0.353 e. The number of rotatable bonds is 3. The summed E-state index contributed by atoms with van der Waals surface area (Å²) in [5.74, 6) is 0. The van der Waals surface area contributed by atoms with Crippen LogP contribution in [0.1, 0.15) is 22.7 Å². The molecule has 0 saturated carbocycles. The van der Waals surface area contributed by atoms with Crippen LogP contribution in [-0.2, 0) is 0 Å². The summed E-state index contributed by atoms with van der Waals surface area (Å²) in [7, 11) is 0. The maximum Gasteiger partial charge on any atom is 0.206 e. The van der Waals surface area contributed by atoms with Crippen molar-refractivity contribution in [2.45, 2.75) is 19.9 Å². The lowest BCUT2D eigenvalue weighted by atomic mass is 10.3. The summed E-state index contributed by atoms with van der Waals surface area (Å²) < 4.78 is 0.805. The van der Waals surface area contributed by atoms with Gasteiger partial charge >= 0.3 is 0 Å². The molecule has 0 bridgehead atoms.